The Morgan fingerprint density at radius 2 is 1.89 bits per heavy atom. The maximum absolute atomic E-state index is 13.5. The molecule has 0 saturated heterocycles. The van der Waals surface area contributed by atoms with Crippen molar-refractivity contribution < 1.29 is 18.7 Å². The van der Waals surface area contributed by atoms with Crippen LogP contribution in [0.3, 0.4) is 0 Å². The topological polar surface area (TPSA) is 43.4 Å². The van der Waals surface area contributed by atoms with Gasteiger partial charge in [-0.2, -0.15) is 0 Å². The average Bonchev–Trinajstić information content (AvgIpc) is 2.13. The second kappa shape index (κ2) is 5.29. The third-order valence-electron chi connectivity index (χ3n) is 2.23. The normalized spacial score (nSPS) is 11.2. The van der Waals surface area contributed by atoms with Crippen molar-refractivity contribution in [3.63, 3.8) is 0 Å². The van der Waals surface area contributed by atoms with Gasteiger partial charge < -0.3 is 4.74 Å². The number of carbonyl (C=O) groups is 2. The van der Waals surface area contributed by atoms with Gasteiger partial charge in [-0.15, -0.1) is 0 Å². The highest BCUT2D eigenvalue weighted by Crippen LogP contribution is 2.25. The molecule has 1 rings (SSSR count). The van der Waals surface area contributed by atoms with Gasteiger partial charge in [-0.1, -0.05) is 26.8 Å². The average molecular weight is 252 g/mol. The van der Waals surface area contributed by atoms with Gasteiger partial charge in [-0.05, 0) is 24.5 Å². The number of halogens is 1. The third kappa shape index (κ3) is 3.95. The molecule has 3 nitrogen and oxygen atoms in total. The van der Waals surface area contributed by atoms with E-state index in [1.54, 1.807) is 0 Å². The molecule has 0 N–H and O–H groups in total. The van der Waals surface area contributed by atoms with Crippen molar-refractivity contribution in [1.82, 2.24) is 0 Å². The summed E-state index contributed by atoms with van der Waals surface area (Å²) in [5.41, 5.74) is -0.402. The second-order valence-corrected chi connectivity index (χ2v) is 5.38. The summed E-state index contributed by atoms with van der Waals surface area (Å²) in [6.07, 6.45) is 0.195. The molecule has 0 aromatic heterocycles. The summed E-state index contributed by atoms with van der Waals surface area (Å²) < 4.78 is 18.5. The molecule has 0 saturated carbocycles. The molecule has 0 spiro atoms. The van der Waals surface area contributed by atoms with Gasteiger partial charge >= 0.3 is 5.97 Å². The van der Waals surface area contributed by atoms with Crippen molar-refractivity contribution in [1.29, 1.82) is 0 Å². The van der Waals surface area contributed by atoms with Gasteiger partial charge in [0.15, 0.2) is 5.78 Å². The third-order valence-corrected chi connectivity index (χ3v) is 2.23. The molecule has 1 aromatic carbocycles. The minimum atomic E-state index is -0.677. The van der Waals surface area contributed by atoms with Crippen molar-refractivity contribution in [3.05, 3.63) is 29.6 Å². The Labute approximate surface area is 106 Å². The molecule has 0 atom stereocenters. The number of ether oxygens (including phenoxy) is 1. The molecular formula is C14H17FO3. The van der Waals surface area contributed by atoms with E-state index in [0.29, 0.717) is 0 Å². The summed E-state index contributed by atoms with van der Waals surface area (Å²) in [6, 6.07) is 3.99. The molecule has 18 heavy (non-hydrogen) atoms. The molecule has 0 bridgehead atoms. The van der Waals surface area contributed by atoms with Crippen LogP contribution in [0.2, 0.25) is 0 Å². The Bertz CT molecular complexity index is 472. The molecule has 0 aliphatic heterocycles. The van der Waals surface area contributed by atoms with Crippen LogP contribution < -0.4 is 4.74 Å². The van der Waals surface area contributed by atoms with Crippen molar-refractivity contribution in [2.24, 2.45) is 5.41 Å². The SMILES string of the molecule is CC(=O)c1c(F)cccc1OC(=O)CC(C)(C)C. The smallest absolute Gasteiger partial charge is 0.311 e. The summed E-state index contributed by atoms with van der Waals surface area (Å²) in [5, 5.41) is 0. The standard InChI is InChI=1S/C14H17FO3/c1-9(16)13-10(15)6-5-7-11(13)18-12(17)8-14(2,3)4/h5-7H,8H2,1-4H3. The summed E-state index contributed by atoms with van der Waals surface area (Å²) in [4.78, 5) is 23.0. The Balaban J connectivity index is 2.95. The first-order valence-electron chi connectivity index (χ1n) is 5.71. The zero-order valence-electron chi connectivity index (χ0n) is 11.0. The molecule has 0 amide bonds. The number of esters is 1. The van der Waals surface area contributed by atoms with E-state index in [1.807, 2.05) is 20.8 Å². The first kappa shape index (κ1) is 14.4. The molecule has 4 heteroatoms. The fraction of sp³-hybridized carbons (Fsp3) is 0.429. The predicted molar refractivity (Wildman–Crippen MR) is 66.1 cm³/mol. The molecule has 0 heterocycles. The molecule has 0 aliphatic carbocycles. The maximum Gasteiger partial charge on any atom is 0.311 e. The zero-order valence-corrected chi connectivity index (χ0v) is 11.0. The maximum atomic E-state index is 13.5. The first-order valence-corrected chi connectivity index (χ1v) is 5.71. The van der Waals surface area contributed by atoms with Crippen molar-refractivity contribution in [2.45, 2.75) is 34.1 Å². The number of rotatable bonds is 3. The minimum Gasteiger partial charge on any atom is -0.426 e. The highest BCUT2D eigenvalue weighted by Gasteiger charge is 2.21. The Morgan fingerprint density at radius 1 is 1.28 bits per heavy atom. The molecule has 0 radical (unpaired) electrons. The van der Waals surface area contributed by atoms with Gasteiger partial charge in [0.1, 0.15) is 11.6 Å². The van der Waals surface area contributed by atoms with Crippen LogP contribution in [-0.2, 0) is 4.79 Å². The quantitative estimate of drug-likeness (QED) is 0.470. The van der Waals surface area contributed by atoms with Crippen molar-refractivity contribution >= 4 is 11.8 Å². The number of Topliss-reactive ketones (excluding diaryl/α,β-unsaturated/α-hetero) is 1. The highest BCUT2D eigenvalue weighted by atomic mass is 19.1. The van der Waals surface area contributed by atoms with Crippen LogP contribution in [0.5, 0.6) is 5.75 Å². The Hall–Kier alpha value is -1.71. The van der Waals surface area contributed by atoms with E-state index in [1.165, 1.54) is 19.1 Å². The summed E-state index contributed by atoms with van der Waals surface area (Å²) in [6.45, 7) is 6.92. The molecule has 0 fully saturated rings. The molecular weight excluding hydrogens is 235 g/mol. The molecule has 98 valence electrons. The lowest BCUT2D eigenvalue weighted by Gasteiger charge is -2.17. The Kier molecular flexibility index (Phi) is 4.22. The summed E-state index contributed by atoms with van der Waals surface area (Å²) in [7, 11) is 0. The first-order chi connectivity index (χ1) is 8.20. The summed E-state index contributed by atoms with van der Waals surface area (Å²) in [5.74, 6) is -1.64. The van der Waals surface area contributed by atoms with E-state index >= 15 is 0 Å². The van der Waals surface area contributed by atoms with Gasteiger partial charge in [0.25, 0.3) is 0 Å². The number of hydrogen-bond acceptors (Lipinski definition) is 3. The molecule has 1 aromatic rings. The Morgan fingerprint density at radius 3 is 2.39 bits per heavy atom. The fourth-order valence-electron chi connectivity index (χ4n) is 1.52. The van der Waals surface area contributed by atoms with E-state index in [-0.39, 0.29) is 23.1 Å². The predicted octanol–water partition coefficient (Wildman–Crippen LogP) is 3.37. The lowest BCUT2D eigenvalue weighted by atomic mass is 9.92. The van der Waals surface area contributed by atoms with Gasteiger partial charge in [0.05, 0.1) is 12.0 Å². The highest BCUT2D eigenvalue weighted by molar-refractivity contribution is 5.97. The van der Waals surface area contributed by atoms with Crippen LogP contribution in [0.4, 0.5) is 4.39 Å². The lowest BCUT2D eigenvalue weighted by Crippen LogP contribution is -2.18. The van der Waals surface area contributed by atoms with Crippen LogP contribution in [0.1, 0.15) is 44.5 Å². The van der Waals surface area contributed by atoms with Gasteiger partial charge in [0.2, 0.25) is 0 Å². The van der Waals surface area contributed by atoms with Gasteiger partial charge in [-0.3, -0.25) is 9.59 Å². The molecule has 0 aliphatic rings. The van der Waals surface area contributed by atoms with Crippen molar-refractivity contribution in [2.75, 3.05) is 0 Å². The van der Waals surface area contributed by atoms with Crippen LogP contribution >= 0.6 is 0 Å². The lowest BCUT2D eigenvalue weighted by molar-refractivity contribution is -0.136. The van der Waals surface area contributed by atoms with E-state index in [2.05, 4.69) is 0 Å². The monoisotopic (exact) mass is 252 g/mol. The van der Waals surface area contributed by atoms with Crippen molar-refractivity contribution in [3.8, 4) is 5.75 Å². The number of ketones is 1. The van der Waals surface area contributed by atoms with E-state index in [4.69, 9.17) is 4.74 Å². The number of benzene rings is 1. The van der Waals surface area contributed by atoms with E-state index in [9.17, 15) is 14.0 Å². The van der Waals surface area contributed by atoms with E-state index < -0.39 is 17.6 Å². The largest absolute Gasteiger partial charge is 0.426 e. The molecule has 0 unspecified atom stereocenters. The van der Waals surface area contributed by atoms with Gasteiger partial charge in [-0.25, -0.2) is 4.39 Å². The van der Waals surface area contributed by atoms with E-state index in [0.717, 1.165) is 6.07 Å². The van der Waals surface area contributed by atoms with Crippen LogP contribution in [0.25, 0.3) is 0 Å². The fourth-order valence-corrected chi connectivity index (χ4v) is 1.52. The second-order valence-electron chi connectivity index (χ2n) is 5.38. The zero-order chi connectivity index (χ0) is 13.9. The number of carbonyl (C=O) groups excluding carboxylic acids is 2. The van der Waals surface area contributed by atoms with Crippen LogP contribution in [-0.4, -0.2) is 11.8 Å². The van der Waals surface area contributed by atoms with Crippen LogP contribution in [0, 0.1) is 11.2 Å². The number of hydrogen-bond donors (Lipinski definition) is 0. The minimum absolute atomic E-state index is 0.0169. The summed E-state index contributed by atoms with van der Waals surface area (Å²) >= 11 is 0. The van der Waals surface area contributed by atoms with Crippen LogP contribution in [0.15, 0.2) is 18.2 Å². The van der Waals surface area contributed by atoms with Gasteiger partial charge in [0, 0.05) is 0 Å².